The quantitative estimate of drug-likeness (QED) is 0.810. The van der Waals surface area contributed by atoms with Crippen molar-refractivity contribution in [2.24, 2.45) is 11.3 Å². The van der Waals surface area contributed by atoms with Gasteiger partial charge in [-0.15, -0.1) is 0 Å². The fourth-order valence-corrected chi connectivity index (χ4v) is 5.73. The van der Waals surface area contributed by atoms with Gasteiger partial charge in [-0.1, -0.05) is 42.4 Å². The normalized spacial score (nSPS) is 39.3. The van der Waals surface area contributed by atoms with Crippen LogP contribution in [0.1, 0.15) is 45.1 Å². The molecule has 1 aromatic carbocycles. The number of phenols is 1. The predicted molar refractivity (Wildman–Crippen MR) is 94.5 cm³/mol. The van der Waals surface area contributed by atoms with Gasteiger partial charge in [0, 0.05) is 23.4 Å². The van der Waals surface area contributed by atoms with E-state index in [9.17, 15) is 5.11 Å². The minimum Gasteiger partial charge on any atom is -0.508 e. The topological polar surface area (TPSA) is 32.3 Å². The molecule has 2 fully saturated rings. The van der Waals surface area contributed by atoms with Crippen molar-refractivity contribution >= 4 is 0 Å². The van der Waals surface area contributed by atoms with E-state index in [4.69, 9.17) is 0 Å². The molecule has 2 aliphatic carbocycles. The van der Waals surface area contributed by atoms with Crippen LogP contribution in [0.2, 0.25) is 0 Å². The molecule has 1 saturated carbocycles. The molecule has 1 heterocycles. The highest BCUT2D eigenvalue weighted by Gasteiger charge is 2.59. The monoisotopic (exact) mass is 309 g/mol. The van der Waals surface area contributed by atoms with Crippen LogP contribution in [0.4, 0.5) is 0 Å². The lowest BCUT2D eigenvalue weighted by molar-refractivity contribution is 0.00687. The van der Waals surface area contributed by atoms with Crippen molar-refractivity contribution < 1.29 is 5.11 Å². The van der Waals surface area contributed by atoms with Crippen molar-refractivity contribution in [1.29, 1.82) is 0 Å². The maximum Gasteiger partial charge on any atom is 0.115 e. The van der Waals surface area contributed by atoms with E-state index in [1.807, 2.05) is 12.1 Å². The largest absolute Gasteiger partial charge is 0.508 e. The molecule has 0 radical (unpaired) electrons. The van der Waals surface area contributed by atoms with Crippen molar-refractivity contribution in [1.82, 2.24) is 5.32 Å². The fraction of sp³-hybridized carbons (Fsp3) is 0.524. The van der Waals surface area contributed by atoms with Crippen LogP contribution in [0.3, 0.4) is 0 Å². The molecule has 0 aromatic heterocycles. The summed E-state index contributed by atoms with van der Waals surface area (Å²) in [5.74, 6) is 1.02. The number of phenolic OH excluding ortho intramolecular Hbond substituents is 1. The van der Waals surface area contributed by atoms with Crippen molar-refractivity contribution in [3.63, 3.8) is 0 Å². The summed E-state index contributed by atoms with van der Waals surface area (Å²) < 4.78 is 0. The first-order valence-corrected chi connectivity index (χ1v) is 8.96. The lowest BCUT2D eigenvalue weighted by Gasteiger charge is -2.62. The van der Waals surface area contributed by atoms with Crippen molar-refractivity contribution in [3.8, 4) is 5.75 Å². The molecule has 2 heteroatoms. The highest BCUT2D eigenvalue weighted by Crippen LogP contribution is 2.62. The van der Waals surface area contributed by atoms with Gasteiger partial charge >= 0.3 is 0 Å². The Morgan fingerprint density at radius 3 is 3.00 bits per heavy atom. The third-order valence-electron chi connectivity index (χ3n) is 6.71. The SMILES string of the molecule is CC1=CC=CC23CC(C)NCC2(c2cccc(O)c2)CCCC13. The molecular formula is C21H27NO. The summed E-state index contributed by atoms with van der Waals surface area (Å²) in [7, 11) is 0. The van der Waals surface area contributed by atoms with Crippen molar-refractivity contribution in [3.05, 3.63) is 53.6 Å². The second-order valence-electron chi connectivity index (χ2n) is 7.87. The molecule has 1 aliphatic heterocycles. The van der Waals surface area contributed by atoms with E-state index in [-0.39, 0.29) is 10.8 Å². The third-order valence-corrected chi connectivity index (χ3v) is 6.71. The Morgan fingerprint density at radius 2 is 2.17 bits per heavy atom. The number of aromatic hydroxyl groups is 1. The smallest absolute Gasteiger partial charge is 0.115 e. The number of nitrogens with one attached hydrogen (secondary N) is 1. The van der Waals surface area contributed by atoms with E-state index in [2.05, 4.69) is 43.5 Å². The summed E-state index contributed by atoms with van der Waals surface area (Å²) in [5.41, 5.74) is 3.11. The average molecular weight is 309 g/mol. The number of allylic oxidation sites excluding steroid dienone is 4. The van der Waals surface area contributed by atoms with Gasteiger partial charge in [0.2, 0.25) is 0 Å². The number of hydrogen-bond acceptors (Lipinski definition) is 2. The first-order valence-electron chi connectivity index (χ1n) is 8.96. The van der Waals surface area contributed by atoms with Crippen LogP contribution in [0.25, 0.3) is 0 Å². The summed E-state index contributed by atoms with van der Waals surface area (Å²) in [4.78, 5) is 0. The molecule has 4 unspecified atom stereocenters. The molecule has 1 aromatic rings. The number of benzene rings is 1. The lowest BCUT2D eigenvalue weighted by atomic mass is 9.44. The first-order chi connectivity index (χ1) is 11.1. The summed E-state index contributed by atoms with van der Waals surface area (Å²) in [6.07, 6.45) is 12.0. The minimum atomic E-state index is 0.0905. The Kier molecular flexibility index (Phi) is 3.42. The summed E-state index contributed by atoms with van der Waals surface area (Å²) in [5, 5.41) is 13.8. The van der Waals surface area contributed by atoms with Gasteiger partial charge in [-0.2, -0.15) is 0 Å². The van der Waals surface area contributed by atoms with Crippen LogP contribution >= 0.6 is 0 Å². The van der Waals surface area contributed by atoms with Gasteiger partial charge in [0.15, 0.2) is 0 Å². The fourth-order valence-electron chi connectivity index (χ4n) is 5.73. The second kappa shape index (κ2) is 5.24. The molecule has 23 heavy (non-hydrogen) atoms. The van der Waals surface area contributed by atoms with E-state index in [1.54, 1.807) is 6.07 Å². The van der Waals surface area contributed by atoms with Crippen LogP contribution in [0.15, 0.2) is 48.1 Å². The molecule has 2 N–H and O–H groups in total. The predicted octanol–water partition coefficient (Wildman–Crippen LogP) is 4.31. The Bertz CT molecular complexity index is 676. The van der Waals surface area contributed by atoms with E-state index in [0.717, 1.165) is 6.54 Å². The minimum absolute atomic E-state index is 0.0905. The second-order valence-corrected chi connectivity index (χ2v) is 7.87. The van der Waals surface area contributed by atoms with Gasteiger partial charge < -0.3 is 10.4 Å². The lowest BCUT2D eigenvalue weighted by Crippen LogP contribution is -2.63. The standard InChI is InChI=1S/C21H27NO/c1-15-6-4-10-20-13-16(2)22-14-21(20,11-5-9-19(15)20)17-7-3-8-18(23)12-17/h3-4,6-8,10,12,16,19,22-23H,5,9,11,13-14H2,1-2H3. The molecule has 4 rings (SSSR count). The van der Waals surface area contributed by atoms with E-state index >= 15 is 0 Å². The van der Waals surface area contributed by atoms with Crippen LogP contribution in [0, 0.1) is 11.3 Å². The van der Waals surface area contributed by atoms with E-state index in [0.29, 0.717) is 17.7 Å². The van der Waals surface area contributed by atoms with Gasteiger partial charge in [-0.25, -0.2) is 0 Å². The number of rotatable bonds is 1. The Morgan fingerprint density at radius 1 is 1.30 bits per heavy atom. The van der Waals surface area contributed by atoms with Crippen LogP contribution in [-0.2, 0) is 5.41 Å². The Balaban J connectivity index is 1.92. The maximum atomic E-state index is 10.1. The van der Waals surface area contributed by atoms with Crippen LogP contribution in [-0.4, -0.2) is 17.7 Å². The van der Waals surface area contributed by atoms with E-state index < -0.39 is 0 Å². The van der Waals surface area contributed by atoms with Crippen LogP contribution < -0.4 is 5.32 Å². The first kappa shape index (κ1) is 15.0. The highest BCUT2D eigenvalue weighted by molar-refractivity contribution is 5.43. The van der Waals surface area contributed by atoms with Gasteiger partial charge in [-0.3, -0.25) is 0 Å². The molecule has 3 aliphatic rings. The third kappa shape index (κ3) is 2.04. The van der Waals surface area contributed by atoms with Crippen LogP contribution in [0.5, 0.6) is 5.75 Å². The zero-order chi connectivity index (χ0) is 16.1. The summed E-state index contributed by atoms with van der Waals surface area (Å²) >= 11 is 0. The Hall–Kier alpha value is -1.54. The molecule has 1 spiro atoms. The highest BCUT2D eigenvalue weighted by atomic mass is 16.3. The molecule has 1 saturated heterocycles. The van der Waals surface area contributed by atoms with Gasteiger partial charge in [0.05, 0.1) is 0 Å². The number of piperidine rings is 1. The molecule has 4 atom stereocenters. The molecule has 122 valence electrons. The van der Waals surface area contributed by atoms with Crippen molar-refractivity contribution in [2.45, 2.75) is 51.0 Å². The van der Waals surface area contributed by atoms with E-state index in [1.165, 1.54) is 36.8 Å². The molecular weight excluding hydrogens is 282 g/mol. The summed E-state index contributed by atoms with van der Waals surface area (Å²) in [6.45, 7) is 5.63. The number of hydrogen-bond donors (Lipinski definition) is 2. The van der Waals surface area contributed by atoms with Crippen molar-refractivity contribution in [2.75, 3.05) is 6.54 Å². The maximum absolute atomic E-state index is 10.1. The Labute approximate surface area is 139 Å². The van der Waals surface area contributed by atoms with Gasteiger partial charge in [0.25, 0.3) is 0 Å². The zero-order valence-electron chi connectivity index (χ0n) is 14.2. The summed E-state index contributed by atoms with van der Waals surface area (Å²) in [6, 6.07) is 8.56. The van der Waals surface area contributed by atoms with Gasteiger partial charge in [-0.05, 0) is 56.7 Å². The molecule has 2 nitrogen and oxygen atoms in total. The average Bonchev–Trinajstić information content (AvgIpc) is 2.53. The molecule has 0 bridgehead atoms. The molecule has 0 amide bonds. The zero-order valence-corrected chi connectivity index (χ0v) is 14.2. The van der Waals surface area contributed by atoms with Gasteiger partial charge in [0.1, 0.15) is 5.75 Å².